The summed E-state index contributed by atoms with van der Waals surface area (Å²) in [6, 6.07) is 6.86. The van der Waals surface area contributed by atoms with Crippen LogP contribution in [-0.2, 0) is 35.1 Å². The van der Waals surface area contributed by atoms with E-state index in [0.29, 0.717) is 24.4 Å². The topological polar surface area (TPSA) is 224 Å². The predicted molar refractivity (Wildman–Crippen MR) is 138 cm³/mol. The summed E-state index contributed by atoms with van der Waals surface area (Å²) in [7, 11) is 1.54. The van der Waals surface area contributed by atoms with Crippen LogP contribution in [0, 0.1) is 0 Å². The average molecular weight is 582 g/mol. The molecule has 1 aromatic heterocycles. The summed E-state index contributed by atoms with van der Waals surface area (Å²) < 4.78 is 22.7. The highest BCUT2D eigenvalue weighted by molar-refractivity contribution is 5.94. The molecule has 3 rings (SSSR count). The van der Waals surface area contributed by atoms with Crippen molar-refractivity contribution in [3.8, 4) is 11.3 Å². The third-order valence-electron chi connectivity index (χ3n) is 6.06. The van der Waals surface area contributed by atoms with Gasteiger partial charge in [-0.15, -0.1) is 5.10 Å². The molecule has 1 aliphatic heterocycles. The van der Waals surface area contributed by atoms with Gasteiger partial charge in [-0.3, -0.25) is 9.59 Å². The summed E-state index contributed by atoms with van der Waals surface area (Å²) in [6.07, 6.45) is -6.31. The molecule has 2 aromatic rings. The standard InChI is InChI=1S/C25H35N5O11/c1-26-18(31)6-7-27-23(35)16-4-2-15(3-5-16)17-14-30(29-28-17)8-9-38-10-11-39-12-13-40-25-21(34)19(32)20(33)22(41-25)24(36)37/h2-5,14,19-22,25,32-34H,6-13H2,1H3,(H,26,31)(H,27,35)(H,36,37)/t19-,20-,21+,22-,25?/m0/s1. The van der Waals surface area contributed by atoms with Crippen molar-refractivity contribution in [2.45, 2.75) is 43.7 Å². The van der Waals surface area contributed by atoms with E-state index in [1.54, 1.807) is 35.1 Å². The lowest BCUT2D eigenvalue weighted by Gasteiger charge is -2.38. The molecule has 0 spiro atoms. The number of aliphatic carboxylic acids is 1. The summed E-state index contributed by atoms with van der Waals surface area (Å²) in [5, 5.41) is 51.7. The van der Waals surface area contributed by atoms with E-state index in [9.17, 15) is 29.7 Å². The molecule has 2 amide bonds. The number of hydrogen-bond donors (Lipinski definition) is 6. The van der Waals surface area contributed by atoms with Crippen molar-refractivity contribution in [1.82, 2.24) is 25.6 Å². The molecule has 2 heterocycles. The molecule has 1 aromatic carbocycles. The number of hydrogen-bond acceptors (Lipinski definition) is 12. The van der Waals surface area contributed by atoms with Crippen LogP contribution in [0.4, 0.5) is 0 Å². The van der Waals surface area contributed by atoms with Crippen LogP contribution >= 0.6 is 0 Å². The minimum Gasteiger partial charge on any atom is -0.479 e. The van der Waals surface area contributed by atoms with E-state index in [-0.39, 0.29) is 51.2 Å². The number of aliphatic hydroxyl groups excluding tert-OH is 3. The van der Waals surface area contributed by atoms with Gasteiger partial charge in [0.05, 0.1) is 45.8 Å². The molecule has 1 fully saturated rings. The fraction of sp³-hybridized carbons (Fsp3) is 0.560. The Bertz CT molecular complexity index is 1130. The van der Waals surface area contributed by atoms with Crippen molar-refractivity contribution >= 4 is 17.8 Å². The van der Waals surface area contributed by atoms with Crippen LogP contribution in [0.25, 0.3) is 11.3 Å². The minimum absolute atomic E-state index is 0.0536. The monoisotopic (exact) mass is 581 g/mol. The number of amides is 2. The van der Waals surface area contributed by atoms with Gasteiger partial charge in [-0.25, -0.2) is 9.48 Å². The zero-order valence-electron chi connectivity index (χ0n) is 22.4. The number of carboxylic acids is 1. The van der Waals surface area contributed by atoms with Gasteiger partial charge < -0.3 is 50.0 Å². The lowest BCUT2D eigenvalue weighted by Crippen LogP contribution is -2.60. The molecule has 1 aliphatic rings. The Labute approximate surface area is 235 Å². The fourth-order valence-corrected chi connectivity index (χ4v) is 3.74. The molecule has 1 saturated heterocycles. The molecule has 41 heavy (non-hydrogen) atoms. The van der Waals surface area contributed by atoms with E-state index < -0.39 is 36.7 Å². The highest BCUT2D eigenvalue weighted by Gasteiger charge is 2.47. The quantitative estimate of drug-likeness (QED) is 0.115. The second-order valence-corrected chi connectivity index (χ2v) is 8.95. The van der Waals surface area contributed by atoms with Crippen molar-refractivity contribution in [1.29, 1.82) is 0 Å². The van der Waals surface area contributed by atoms with Gasteiger partial charge in [0, 0.05) is 31.1 Å². The van der Waals surface area contributed by atoms with Gasteiger partial charge in [-0.1, -0.05) is 17.3 Å². The number of ether oxygens (including phenoxy) is 4. The highest BCUT2D eigenvalue weighted by atomic mass is 16.7. The first kappa shape index (κ1) is 32.0. The van der Waals surface area contributed by atoms with Crippen molar-refractivity contribution in [3.63, 3.8) is 0 Å². The van der Waals surface area contributed by atoms with Gasteiger partial charge in [0.2, 0.25) is 5.91 Å². The number of nitrogens with one attached hydrogen (secondary N) is 2. The number of carboxylic acid groups (broad SMARTS) is 1. The second kappa shape index (κ2) is 16.1. The Morgan fingerprint density at radius 3 is 2.34 bits per heavy atom. The van der Waals surface area contributed by atoms with Crippen LogP contribution in [-0.4, -0.2) is 131 Å². The van der Waals surface area contributed by atoms with Crippen LogP contribution in [0.5, 0.6) is 0 Å². The molecular formula is C25H35N5O11. The zero-order chi connectivity index (χ0) is 29.8. The minimum atomic E-state index is -1.78. The first-order valence-corrected chi connectivity index (χ1v) is 12.9. The highest BCUT2D eigenvalue weighted by Crippen LogP contribution is 2.22. The smallest absolute Gasteiger partial charge is 0.335 e. The van der Waals surface area contributed by atoms with E-state index in [0.717, 1.165) is 5.56 Å². The molecule has 1 unspecified atom stereocenters. The Kier molecular flexibility index (Phi) is 12.5. The van der Waals surface area contributed by atoms with E-state index in [2.05, 4.69) is 20.9 Å². The second-order valence-electron chi connectivity index (χ2n) is 8.95. The van der Waals surface area contributed by atoms with Crippen LogP contribution in [0.1, 0.15) is 16.8 Å². The lowest BCUT2D eigenvalue weighted by molar-refractivity contribution is -0.295. The molecule has 16 heteroatoms. The maximum absolute atomic E-state index is 12.2. The van der Waals surface area contributed by atoms with Crippen LogP contribution < -0.4 is 10.6 Å². The molecule has 0 saturated carbocycles. The summed E-state index contributed by atoms with van der Waals surface area (Å²) in [4.78, 5) is 34.5. The van der Waals surface area contributed by atoms with E-state index in [4.69, 9.17) is 24.1 Å². The molecule has 5 atom stereocenters. The average Bonchev–Trinajstić information content (AvgIpc) is 3.44. The molecule has 6 N–H and O–H groups in total. The van der Waals surface area contributed by atoms with Crippen molar-refractivity contribution in [2.75, 3.05) is 46.6 Å². The number of aliphatic hydroxyl groups is 3. The Balaban J connectivity index is 1.28. The summed E-state index contributed by atoms with van der Waals surface area (Å²) in [5.41, 5.74) is 1.87. The maximum atomic E-state index is 12.2. The largest absolute Gasteiger partial charge is 0.479 e. The third kappa shape index (κ3) is 9.53. The third-order valence-corrected chi connectivity index (χ3v) is 6.06. The molecule has 16 nitrogen and oxygen atoms in total. The fourth-order valence-electron chi connectivity index (χ4n) is 3.74. The summed E-state index contributed by atoms with van der Waals surface area (Å²) in [6.45, 7) is 1.59. The number of carbonyl (C=O) groups excluding carboxylic acids is 2. The van der Waals surface area contributed by atoms with Gasteiger partial charge in [0.25, 0.3) is 5.91 Å². The van der Waals surface area contributed by atoms with E-state index in [1.807, 2.05) is 0 Å². The number of rotatable bonds is 16. The Hall–Kier alpha value is -3.51. The summed E-state index contributed by atoms with van der Waals surface area (Å²) in [5.74, 6) is -1.91. The van der Waals surface area contributed by atoms with Crippen LogP contribution in [0.3, 0.4) is 0 Å². The van der Waals surface area contributed by atoms with Crippen molar-refractivity contribution in [3.05, 3.63) is 36.0 Å². The molecule has 226 valence electrons. The van der Waals surface area contributed by atoms with Gasteiger partial charge >= 0.3 is 5.97 Å². The van der Waals surface area contributed by atoms with Crippen LogP contribution in [0.15, 0.2) is 30.5 Å². The van der Waals surface area contributed by atoms with Crippen molar-refractivity contribution < 1.29 is 53.8 Å². The molecule has 0 bridgehead atoms. The Morgan fingerprint density at radius 2 is 1.66 bits per heavy atom. The predicted octanol–water partition coefficient (Wildman–Crippen LogP) is -2.25. The van der Waals surface area contributed by atoms with Gasteiger partial charge in [0.15, 0.2) is 12.4 Å². The van der Waals surface area contributed by atoms with Crippen LogP contribution in [0.2, 0.25) is 0 Å². The molecular weight excluding hydrogens is 546 g/mol. The first-order chi connectivity index (χ1) is 19.7. The van der Waals surface area contributed by atoms with Crippen molar-refractivity contribution in [2.24, 2.45) is 0 Å². The SMILES string of the molecule is CNC(=O)CCNC(=O)c1ccc(-c2cn(CCOCCOCCOC3O[C@H](C(=O)O)[C@@H](O)[C@H](O)[C@H]3O)nn2)cc1. The number of nitrogens with zero attached hydrogens (tertiary/aromatic N) is 3. The maximum Gasteiger partial charge on any atom is 0.335 e. The normalized spacial score (nSPS) is 22.3. The van der Waals surface area contributed by atoms with Gasteiger partial charge in [-0.05, 0) is 12.1 Å². The first-order valence-electron chi connectivity index (χ1n) is 12.9. The molecule has 0 aliphatic carbocycles. The zero-order valence-corrected chi connectivity index (χ0v) is 22.4. The van der Waals surface area contributed by atoms with Gasteiger partial charge in [0.1, 0.15) is 24.0 Å². The number of aromatic nitrogens is 3. The number of carbonyl (C=O) groups is 3. The number of benzene rings is 1. The van der Waals surface area contributed by atoms with E-state index >= 15 is 0 Å². The lowest BCUT2D eigenvalue weighted by atomic mass is 9.99. The summed E-state index contributed by atoms with van der Waals surface area (Å²) >= 11 is 0. The van der Waals surface area contributed by atoms with Gasteiger partial charge in [-0.2, -0.15) is 0 Å². The molecule has 0 radical (unpaired) electrons. The van der Waals surface area contributed by atoms with E-state index in [1.165, 1.54) is 7.05 Å². The Morgan fingerprint density at radius 1 is 0.976 bits per heavy atom.